The predicted octanol–water partition coefficient (Wildman–Crippen LogP) is 0.145. The van der Waals surface area contributed by atoms with E-state index in [0.29, 0.717) is 13.1 Å². The Morgan fingerprint density at radius 3 is 2.68 bits per heavy atom. The van der Waals surface area contributed by atoms with Crippen LogP contribution in [0.3, 0.4) is 0 Å². The largest absolute Gasteiger partial charge is 0.353 e. The van der Waals surface area contributed by atoms with E-state index >= 15 is 0 Å². The quantitative estimate of drug-likeness (QED) is 0.721. The summed E-state index contributed by atoms with van der Waals surface area (Å²) < 4.78 is 0. The van der Waals surface area contributed by atoms with Crippen LogP contribution in [-0.4, -0.2) is 48.9 Å². The van der Waals surface area contributed by atoms with Crippen molar-refractivity contribution < 1.29 is 9.59 Å². The standard InChI is InChI=1S/C13H21N3O2.ClH/c1-9-11(17)15-6-7-16(9)12(18)10-8-13(10)2-4-14-5-3-13;/h9-10,14H,2-8H2,1H3,(H,15,17);1H. The monoisotopic (exact) mass is 287 g/mol. The van der Waals surface area contributed by atoms with Crippen LogP contribution in [0.15, 0.2) is 0 Å². The molecule has 2 aliphatic heterocycles. The molecule has 0 aromatic rings. The molecule has 5 nitrogen and oxygen atoms in total. The third-order valence-electron chi connectivity index (χ3n) is 4.87. The normalized spacial score (nSPS) is 32.5. The molecule has 3 aliphatic rings. The molecule has 0 aromatic heterocycles. The second-order valence-electron chi connectivity index (χ2n) is 5.87. The Bertz CT molecular complexity index is 382. The topological polar surface area (TPSA) is 61.4 Å². The summed E-state index contributed by atoms with van der Waals surface area (Å²) >= 11 is 0. The van der Waals surface area contributed by atoms with Crippen LogP contribution in [0.1, 0.15) is 26.2 Å². The summed E-state index contributed by atoms with van der Waals surface area (Å²) in [7, 11) is 0. The maximum Gasteiger partial charge on any atom is 0.242 e. The molecule has 0 radical (unpaired) electrons. The number of piperazine rings is 1. The molecule has 1 spiro atoms. The van der Waals surface area contributed by atoms with E-state index in [1.807, 2.05) is 6.92 Å². The Morgan fingerprint density at radius 2 is 2.00 bits per heavy atom. The first kappa shape index (κ1) is 14.6. The van der Waals surface area contributed by atoms with Crippen LogP contribution in [0.25, 0.3) is 0 Å². The fraction of sp³-hybridized carbons (Fsp3) is 0.846. The number of halogens is 1. The lowest BCUT2D eigenvalue weighted by Gasteiger charge is -2.34. The van der Waals surface area contributed by atoms with Gasteiger partial charge >= 0.3 is 0 Å². The van der Waals surface area contributed by atoms with Crippen LogP contribution < -0.4 is 10.6 Å². The molecule has 2 heterocycles. The van der Waals surface area contributed by atoms with Gasteiger partial charge in [-0.15, -0.1) is 12.4 Å². The van der Waals surface area contributed by atoms with Gasteiger partial charge < -0.3 is 15.5 Å². The Morgan fingerprint density at radius 1 is 1.32 bits per heavy atom. The van der Waals surface area contributed by atoms with E-state index in [2.05, 4.69) is 10.6 Å². The molecule has 19 heavy (non-hydrogen) atoms. The van der Waals surface area contributed by atoms with Crippen LogP contribution in [0.2, 0.25) is 0 Å². The summed E-state index contributed by atoms with van der Waals surface area (Å²) in [5, 5.41) is 6.15. The summed E-state index contributed by atoms with van der Waals surface area (Å²) in [6, 6.07) is -0.300. The molecular formula is C13H22ClN3O2. The number of piperidine rings is 1. The zero-order valence-electron chi connectivity index (χ0n) is 11.3. The van der Waals surface area contributed by atoms with Crippen molar-refractivity contribution in [3.8, 4) is 0 Å². The molecular weight excluding hydrogens is 266 g/mol. The molecule has 6 heteroatoms. The number of nitrogens with zero attached hydrogens (tertiary/aromatic N) is 1. The van der Waals surface area contributed by atoms with E-state index in [9.17, 15) is 9.59 Å². The van der Waals surface area contributed by atoms with E-state index in [0.717, 1.165) is 32.4 Å². The summed E-state index contributed by atoms with van der Waals surface area (Å²) in [4.78, 5) is 25.9. The van der Waals surface area contributed by atoms with Gasteiger partial charge in [-0.2, -0.15) is 0 Å². The van der Waals surface area contributed by atoms with Crippen molar-refractivity contribution in [2.24, 2.45) is 11.3 Å². The summed E-state index contributed by atoms with van der Waals surface area (Å²) in [5.41, 5.74) is 0.260. The van der Waals surface area contributed by atoms with Gasteiger partial charge in [0.1, 0.15) is 6.04 Å². The minimum Gasteiger partial charge on any atom is -0.353 e. The lowest BCUT2D eigenvalue weighted by molar-refractivity contribution is -0.144. The molecule has 1 saturated carbocycles. The molecule has 2 amide bonds. The number of amides is 2. The summed E-state index contributed by atoms with van der Waals surface area (Å²) in [5.74, 6) is 0.363. The van der Waals surface area contributed by atoms with Crippen molar-refractivity contribution in [1.82, 2.24) is 15.5 Å². The highest BCUT2D eigenvalue weighted by Gasteiger charge is 2.59. The first-order valence-corrected chi connectivity index (χ1v) is 6.93. The lowest BCUT2D eigenvalue weighted by atomic mass is 9.91. The second-order valence-corrected chi connectivity index (χ2v) is 5.87. The van der Waals surface area contributed by atoms with Crippen molar-refractivity contribution in [2.45, 2.75) is 32.2 Å². The number of carbonyl (C=O) groups excluding carboxylic acids is 2. The van der Waals surface area contributed by atoms with Crippen LogP contribution in [-0.2, 0) is 9.59 Å². The Balaban J connectivity index is 0.00000133. The smallest absolute Gasteiger partial charge is 0.242 e. The molecule has 2 N–H and O–H groups in total. The highest BCUT2D eigenvalue weighted by molar-refractivity contribution is 5.90. The Hall–Kier alpha value is -0.810. The molecule has 0 aromatic carbocycles. The van der Waals surface area contributed by atoms with Gasteiger partial charge in [-0.05, 0) is 44.7 Å². The summed E-state index contributed by atoms with van der Waals surface area (Å²) in [6.45, 7) is 5.14. The fourth-order valence-electron chi connectivity index (χ4n) is 3.46. The van der Waals surface area contributed by atoms with Gasteiger partial charge in [0.2, 0.25) is 11.8 Å². The van der Waals surface area contributed by atoms with E-state index in [-0.39, 0.29) is 41.6 Å². The maximum absolute atomic E-state index is 12.5. The van der Waals surface area contributed by atoms with Crippen LogP contribution in [0.4, 0.5) is 0 Å². The van der Waals surface area contributed by atoms with E-state index in [1.165, 1.54) is 0 Å². The van der Waals surface area contributed by atoms with Crippen molar-refractivity contribution in [1.29, 1.82) is 0 Å². The Labute approximate surface area is 119 Å². The van der Waals surface area contributed by atoms with Gasteiger partial charge in [0.15, 0.2) is 0 Å². The van der Waals surface area contributed by atoms with Gasteiger partial charge in [0.05, 0.1) is 0 Å². The SMILES string of the molecule is CC1C(=O)NCCN1C(=O)C1CC12CCNCC2.Cl. The second kappa shape index (κ2) is 5.29. The average Bonchev–Trinajstić information content (AvgIpc) is 3.06. The van der Waals surface area contributed by atoms with E-state index in [4.69, 9.17) is 0 Å². The number of carbonyl (C=O) groups is 2. The van der Waals surface area contributed by atoms with E-state index in [1.54, 1.807) is 4.90 Å². The van der Waals surface area contributed by atoms with Crippen molar-refractivity contribution in [3.05, 3.63) is 0 Å². The third kappa shape index (κ3) is 2.46. The average molecular weight is 288 g/mol. The Kier molecular flexibility index (Phi) is 4.06. The predicted molar refractivity (Wildman–Crippen MR) is 74.1 cm³/mol. The van der Waals surface area contributed by atoms with Gasteiger partial charge in [-0.25, -0.2) is 0 Å². The number of hydrogen-bond donors (Lipinski definition) is 2. The molecule has 1 aliphatic carbocycles. The van der Waals surface area contributed by atoms with Crippen molar-refractivity contribution in [3.63, 3.8) is 0 Å². The molecule has 108 valence electrons. The van der Waals surface area contributed by atoms with Gasteiger partial charge in [-0.1, -0.05) is 0 Å². The van der Waals surface area contributed by atoms with Gasteiger partial charge in [-0.3, -0.25) is 9.59 Å². The number of nitrogens with one attached hydrogen (secondary N) is 2. The molecule has 2 unspecified atom stereocenters. The lowest BCUT2D eigenvalue weighted by Crippen LogP contribution is -2.56. The fourth-order valence-corrected chi connectivity index (χ4v) is 3.46. The highest BCUT2D eigenvalue weighted by atomic mass is 35.5. The van der Waals surface area contributed by atoms with Crippen LogP contribution in [0.5, 0.6) is 0 Å². The third-order valence-corrected chi connectivity index (χ3v) is 4.87. The van der Waals surface area contributed by atoms with E-state index < -0.39 is 0 Å². The van der Waals surface area contributed by atoms with Crippen molar-refractivity contribution >= 4 is 24.2 Å². The first-order chi connectivity index (χ1) is 8.64. The minimum absolute atomic E-state index is 0. The van der Waals surface area contributed by atoms with Crippen LogP contribution in [0, 0.1) is 11.3 Å². The summed E-state index contributed by atoms with van der Waals surface area (Å²) in [6.07, 6.45) is 3.24. The molecule has 3 rings (SSSR count). The minimum atomic E-state index is -0.300. The number of rotatable bonds is 1. The molecule has 3 fully saturated rings. The molecule has 0 bridgehead atoms. The number of hydrogen-bond acceptors (Lipinski definition) is 3. The zero-order valence-corrected chi connectivity index (χ0v) is 12.1. The molecule has 2 atom stereocenters. The first-order valence-electron chi connectivity index (χ1n) is 6.93. The zero-order chi connectivity index (χ0) is 12.8. The van der Waals surface area contributed by atoms with Crippen LogP contribution >= 0.6 is 12.4 Å². The molecule has 2 saturated heterocycles. The van der Waals surface area contributed by atoms with Crippen molar-refractivity contribution in [2.75, 3.05) is 26.2 Å². The highest BCUT2D eigenvalue weighted by Crippen LogP contribution is 2.59. The van der Waals surface area contributed by atoms with Gasteiger partial charge in [0, 0.05) is 19.0 Å². The van der Waals surface area contributed by atoms with Gasteiger partial charge in [0.25, 0.3) is 0 Å². The maximum atomic E-state index is 12.5.